The lowest BCUT2D eigenvalue weighted by Crippen LogP contribution is -2.16. The molecule has 6 aromatic carbocycles. The van der Waals surface area contributed by atoms with E-state index in [0.717, 1.165) is 25.7 Å². The number of aryl methyl sites for hydroxylation is 4. The molecule has 0 aromatic heterocycles. The molecule has 0 radical (unpaired) electrons. The van der Waals surface area contributed by atoms with Crippen LogP contribution in [-0.2, 0) is 31.1 Å². The van der Waals surface area contributed by atoms with E-state index in [1.54, 1.807) is 0 Å². The van der Waals surface area contributed by atoms with Crippen LogP contribution in [-0.4, -0.2) is 0 Å². The molecule has 0 bridgehead atoms. The standard InChI is InChI=1S/C43H36/c1-43(2)41-11-7-6-10-37(41)40-28-39-36(27-42(40)43)25-23-34-22-24-35(26-38(34)39)33-20-16-30(17-21-33)13-12-29-14-18-32(19-15-29)31-8-4-3-5-9-31/h3-11,14-22,24,26-28H,12-13,23,25H2,1-2H3. The molecule has 6 aromatic rings. The lowest BCUT2D eigenvalue weighted by molar-refractivity contribution is 0.659. The van der Waals surface area contributed by atoms with E-state index in [1.807, 2.05) is 0 Å². The third kappa shape index (κ3) is 4.54. The van der Waals surface area contributed by atoms with Crippen LogP contribution in [0.3, 0.4) is 0 Å². The van der Waals surface area contributed by atoms with Gasteiger partial charge in [0.25, 0.3) is 0 Å². The Morgan fingerprint density at radius 1 is 0.419 bits per heavy atom. The normalized spacial score (nSPS) is 14.0. The second kappa shape index (κ2) is 10.2. The second-order valence-electron chi connectivity index (χ2n) is 12.9. The smallest absolute Gasteiger partial charge is 0.0158 e. The van der Waals surface area contributed by atoms with Gasteiger partial charge in [0.05, 0.1) is 0 Å². The minimum atomic E-state index is 0.0520. The first-order chi connectivity index (χ1) is 21.0. The van der Waals surface area contributed by atoms with Gasteiger partial charge in [-0.25, -0.2) is 0 Å². The molecular weight excluding hydrogens is 516 g/mol. The number of benzene rings is 6. The van der Waals surface area contributed by atoms with Crippen LogP contribution in [0.4, 0.5) is 0 Å². The summed E-state index contributed by atoms with van der Waals surface area (Å²) in [6.45, 7) is 4.76. The molecule has 0 amide bonds. The van der Waals surface area contributed by atoms with Gasteiger partial charge in [-0.1, -0.05) is 135 Å². The fourth-order valence-corrected chi connectivity index (χ4v) is 7.39. The van der Waals surface area contributed by atoms with E-state index in [0.29, 0.717) is 0 Å². The Labute approximate surface area is 255 Å². The third-order valence-corrected chi connectivity index (χ3v) is 9.92. The molecular formula is C43H36. The predicted octanol–water partition coefficient (Wildman–Crippen LogP) is 10.9. The highest BCUT2D eigenvalue weighted by atomic mass is 14.4. The van der Waals surface area contributed by atoms with Gasteiger partial charge < -0.3 is 0 Å². The summed E-state index contributed by atoms with van der Waals surface area (Å²) in [6.07, 6.45) is 4.32. The molecule has 2 aliphatic carbocycles. The van der Waals surface area contributed by atoms with Crippen LogP contribution in [0, 0.1) is 0 Å². The Morgan fingerprint density at radius 2 is 0.977 bits per heavy atom. The van der Waals surface area contributed by atoms with E-state index in [-0.39, 0.29) is 5.41 Å². The molecule has 0 heterocycles. The number of rotatable bonds is 5. The summed E-state index contributed by atoms with van der Waals surface area (Å²) in [7, 11) is 0. The Hall–Kier alpha value is -4.68. The first-order valence-corrected chi connectivity index (χ1v) is 15.7. The van der Waals surface area contributed by atoms with Gasteiger partial charge in [-0.15, -0.1) is 0 Å². The first-order valence-electron chi connectivity index (χ1n) is 15.7. The highest BCUT2D eigenvalue weighted by Gasteiger charge is 2.36. The maximum Gasteiger partial charge on any atom is 0.0158 e. The zero-order valence-electron chi connectivity index (χ0n) is 25.0. The molecule has 0 atom stereocenters. The molecule has 0 heteroatoms. The number of fused-ring (bicyclic) bond motifs is 6. The van der Waals surface area contributed by atoms with E-state index in [2.05, 4.69) is 147 Å². The zero-order chi connectivity index (χ0) is 29.0. The molecule has 2 aliphatic rings. The van der Waals surface area contributed by atoms with Gasteiger partial charge in [0, 0.05) is 5.41 Å². The van der Waals surface area contributed by atoms with E-state index in [4.69, 9.17) is 0 Å². The summed E-state index contributed by atoms with van der Waals surface area (Å²) in [5.41, 5.74) is 19.5. The molecule has 8 rings (SSSR count). The topological polar surface area (TPSA) is 0 Å². The third-order valence-electron chi connectivity index (χ3n) is 9.92. The van der Waals surface area contributed by atoms with Gasteiger partial charge in [-0.2, -0.15) is 0 Å². The average Bonchev–Trinajstić information content (AvgIpc) is 3.29. The van der Waals surface area contributed by atoms with Crippen molar-refractivity contribution in [3.8, 4) is 44.5 Å². The fraction of sp³-hybridized carbons (Fsp3) is 0.163. The van der Waals surface area contributed by atoms with Crippen molar-refractivity contribution in [2.24, 2.45) is 0 Å². The summed E-state index contributed by atoms with van der Waals surface area (Å²) in [6, 6.07) is 50.0. The minimum absolute atomic E-state index is 0.0520. The van der Waals surface area contributed by atoms with Gasteiger partial charge in [0.15, 0.2) is 0 Å². The molecule has 0 nitrogen and oxygen atoms in total. The van der Waals surface area contributed by atoms with E-state index < -0.39 is 0 Å². The quantitative estimate of drug-likeness (QED) is 0.199. The largest absolute Gasteiger partial charge is 0.0622 e. The minimum Gasteiger partial charge on any atom is -0.0622 e. The number of hydrogen-bond acceptors (Lipinski definition) is 0. The van der Waals surface area contributed by atoms with Gasteiger partial charge in [-0.3, -0.25) is 0 Å². The summed E-state index contributed by atoms with van der Waals surface area (Å²) in [5.74, 6) is 0. The van der Waals surface area contributed by atoms with Gasteiger partial charge in [-0.05, 0) is 116 Å². The van der Waals surface area contributed by atoms with Crippen LogP contribution >= 0.6 is 0 Å². The molecule has 0 N–H and O–H groups in total. The second-order valence-corrected chi connectivity index (χ2v) is 12.9. The summed E-state index contributed by atoms with van der Waals surface area (Å²) >= 11 is 0. The van der Waals surface area contributed by atoms with Gasteiger partial charge >= 0.3 is 0 Å². The van der Waals surface area contributed by atoms with Crippen LogP contribution < -0.4 is 0 Å². The fourth-order valence-electron chi connectivity index (χ4n) is 7.39. The maximum atomic E-state index is 2.52. The molecule has 0 saturated heterocycles. The van der Waals surface area contributed by atoms with Crippen molar-refractivity contribution in [1.82, 2.24) is 0 Å². The van der Waals surface area contributed by atoms with Crippen molar-refractivity contribution in [2.45, 2.75) is 44.9 Å². The molecule has 0 unspecified atom stereocenters. The van der Waals surface area contributed by atoms with Gasteiger partial charge in [0.1, 0.15) is 0 Å². The van der Waals surface area contributed by atoms with Crippen molar-refractivity contribution >= 4 is 0 Å². The van der Waals surface area contributed by atoms with Crippen molar-refractivity contribution in [3.63, 3.8) is 0 Å². The van der Waals surface area contributed by atoms with Crippen molar-refractivity contribution in [1.29, 1.82) is 0 Å². The Bertz CT molecular complexity index is 1960. The van der Waals surface area contributed by atoms with E-state index in [1.165, 1.54) is 77.9 Å². The lowest BCUT2D eigenvalue weighted by Gasteiger charge is -2.26. The SMILES string of the molecule is CC1(C)c2ccccc2-c2cc3c(cc21)CCc1ccc(-c2ccc(CCc4ccc(-c5ccccc5)cc4)cc2)cc1-3. The van der Waals surface area contributed by atoms with E-state index >= 15 is 0 Å². The highest BCUT2D eigenvalue weighted by molar-refractivity contribution is 5.88. The molecule has 43 heavy (non-hydrogen) atoms. The Kier molecular flexibility index (Phi) is 6.19. The summed E-state index contributed by atoms with van der Waals surface area (Å²) in [4.78, 5) is 0. The summed E-state index contributed by atoms with van der Waals surface area (Å²) < 4.78 is 0. The molecule has 0 spiro atoms. The highest BCUT2D eigenvalue weighted by Crippen LogP contribution is 2.51. The first kappa shape index (κ1) is 26.0. The van der Waals surface area contributed by atoms with Crippen molar-refractivity contribution < 1.29 is 0 Å². The molecule has 208 valence electrons. The monoisotopic (exact) mass is 552 g/mol. The van der Waals surface area contributed by atoms with Crippen LogP contribution in [0.15, 0.2) is 133 Å². The molecule has 0 aliphatic heterocycles. The van der Waals surface area contributed by atoms with Gasteiger partial charge in [0.2, 0.25) is 0 Å². The van der Waals surface area contributed by atoms with Crippen LogP contribution in [0.1, 0.15) is 47.2 Å². The average molecular weight is 553 g/mol. The Balaban J connectivity index is 1.04. The van der Waals surface area contributed by atoms with Crippen LogP contribution in [0.5, 0.6) is 0 Å². The predicted molar refractivity (Wildman–Crippen MR) is 182 cm³/mol. The zero-order valence-corrected chi connectivity index (χ0v) is 25.0. The molecule has 0 fully saturated rings. The number of hydrogen-bond donors (Lipinski definition) is 0. The van der Waals surface area contributed by atoms with Crippen molar-refractivity contribution in [3.05, 3.63) is 167 Å². The van der Waals surface area contributed by atoms with Crippen LogP contribution in [0.25, 0.3) is 44.5 Å². The van der Waals surface area contributed by atoms with Crippen LogP contribution in [0.2, 0.25) is 0 Å². The Morgan fingerprint density at radius 3 is 1.70 bits per heavy atom. The maximum absolute atomic E-state index is 2.52. The lowest BCUT2D eigenvalue weighted by atomic mass is 9.78. The van der Waals surface area contributed by atoms with E-state index in [9.17, 15) is 0 Å². The summed E-state index contributed by atoms with van der Waals surface area (Å²) in [5, 5.41) is 0. The van der Waals surface area contributed by atoms with Crippen molar-refractivity contribution in [2.75, 3.05) is 0 Å². The molecule has 0 saturated carbocycles.